The van der Waals surface area contributed by atoms with Crippen molar-refractivity contribution in [2.45, 2.75) is 4.90 Å². The normalized spacial score (nSPS) is 12.8. The fraction of sp³-hybridized carbons (Fsp3) is 0.0833. The summed E-state index contributed by atoms with van der Waals surface area (Å²) >= 11 is 5.54. The zero-order valence-corrected chi connectivity index (χ0v) is 11.3. The lowest BCUT2D eigenvalue weighted by molar-refractivity contribution is 0.483. The van der Waals surface area contributed by atoms with E-state index < -0.39 is 10.1 Å². The highest BCUT2D eigenvalue weighted by molar-refractivity contribution is 7.85. The highest BCUT2D eigenvalue weighted by Crippen LogP contribution is 2.24. The average molecular weight is 299 g/mol. The van der Waals surface area contributed by atoms with Gasteiger partial charge in [-0.1, -0.05) is 12.1 Å². The molecule has 0 aliphatic rings. The van der Waals surface area contributed by atoms with Crippen molar-refractivity contribution in [2.75, 3.05) is 5.88 Å². The van der Waals surface area contributed by atoms with E-state index in [0.717, 1.165) is 5.39 Å². The quantitative estimate of drug-likeness (QED) is 0.393. The predicted octanol–water partition coefficient (Wildman–Crippen LogP) is 2.31. The first-order valence-corrected chi connectivity index (χ1v) is 7.28. The standard InChI is InChI=1S/C12H11ClN2O3S/c13-7-12(14)15-10-3-1-9-6-11(19(16,17)18)4-2-8(9)5-10/h1-6H,7H2,(H2,14,15)(H,16,17,18). The Morgan fingerprint density at radius 1 is 1.21 bits per heavy atom. The van der Waals surface area contributed by atoms with E-state index in [1.165, 1.54) is 12.1 Å². The summed E-state index contributed by atoms with van der Waals surface area (Å²) in [5.41, 5.74) is 6.17. The maximum Gasteiger partial charge on any atom is 0.294 e. The van der Waals surface area contributed by atoms with Crippen LogP contribution in [-0.4, -0.2) is 24.7 Å². The Bertz CT molecular complexity index is 757. The van der Waals surface area contributed by atoms with Gasteiger partial charge in [-0.15, -0.1) is 11.6 Å². The summed E-state index contributed by atoms with van der Waals surface area (Å²) in [5, 5.41) is 1.47. The van der Waals surface area contributed by atoms with Crippen molar-refractivity contribution < 1.29 is 13.0 Å². The molecule has 0 saturated heterocycles. The molecule has 0 amide bonds. The van der Waals surface area contributed by atoms with Crippen LogP contribution in [0, 0.1) is 0 Å². The van der Waals surface area contributed by atoms with Gasteiger partial charge in [0.25, 0.3) is 10.1 Å². The van der Waals surface area contributed by atoms with Crippen molar-refractivity contribution in [3.63, 3.8) is 0 Å². The molecule has 0 unspecified atom stereocenters. The summed E-state index contributed by atoms with van der Waals surface area (Å²) < 4.78 is 31.0. The van der Waals surface area contributed by atoms with Crippen molar-refractivity contribution in [3.8, 4) is 0 Å². The molecule has 3 N–H and O–H groups in total. The van der Waals surface area contributed by atoms with Crippen LogP contribution < -0.4 is 5.73 Å². The number of benzene rings is 2. The van der Waals surface area contributed by atoms with Crippen LogP contribution in [0.25, 0.3) is 10.8 Å². The van der Waals surface area contributed by atoms with E-state index >= 15 is 0 Å². The predicted molar refractivity (Wildman–Crippen MR) is 75.8 cm³/mol. The number of hydrogen-bond acceptors (Lipinski definition) is 3. The van der Waals surface area contributed by atoms with Gasteiger partial charge in [0, 0.05) is 0 Å². The zero-order chi connectivity index (χ0) is 14.0. The lowest BCUT2D eigenvalue weighted by Crippen LogP contribution is -2.12. The van der Waals surface area contributed by atoms with Crippen LogP contribution >= 0.6 is 11.6 Å². The number of rotatable bonds is 3. The molecule has 0 saturated carbocycles. The van der Waals surface area contributed by atoms with Crippen LogP contribution in [0.4, 0.5) is 5.69 Å². The minimum Gasteiger partial charge on any atom is -0.386 e. The molecule has 0 aromatic heterocycles. The van der Waals surface area contributed by atoms with Gasteiger partial charge in [-0.3, -0.25) is 4.55 Å². The maximum atomic E-state index is 11.0. The molecular weight excluding hydrogens is 288 g/mol. The van der Waals surface area contributed by atoms with Gasteiger partial charge in [-0.2, -0.15) is 8.42 Å². The number of halogens is 1. The Labute approximate surface area is 115 Å². The molecule has 5 nitrogen and oxygen atoms in total. The second-order valence-corrected chi connectivity index (χ2v) is 5.59. The average Bonchev–Trinajstić information content (AvgIpc) is 2.36. The molecule has 2 rings (SSSR count). The third-order valence-electron chi connectivity index (χ3n) is 2.50. The second kappa shape index (κ2) is 5.16. The number of nitrogens with two attached hydrogens (primary N) is 1. The Morgan fingerprint density at radius 3 is 2.47 bits per heavy atom. The van der Waals surface area contributed by atoms with Gasteiger partial charge in [0.1, 0.15) is 5.84 Å². The first-order valence-electron chi connectivity index (χ1n) is 5.30. The summed E-state index contributed by atoms with van der Waals surface area (Å²) in [5.74, 6) is 0.440. The third kappa shape index (κ3) is 3.23. The molecule has 0 spiro atoms. The molecule has 0 aliphatic heterocycles. The van der Waals surface area contributed by atoms with Gasteiger partial charge >= 0.3 is 0 Å². The topological polar surface area (TPSA) is 92.8 Å². The summed E-state index contributed by atoms with van der Waals surface area (Å²) in [7, 11) is -4.19. The summed E-state index contributed by atoms with van der Waals surface area (Å²) in [6.07, 6.45) is 0. The molecular formula is C12H11ClN2O3S. The first-order chi connectivity index (χ1) is 8.90. The van der Waals surface area contributed by atoms with Gasteiger partial charge in [-0.25, -0.2) is 4.99 Å². The Hall–Kier alpha value is -1.63. The van der Waals surface area contributed by atoms with Crippen molar-refractivity contribution in [1.82, 2.24) is 0 Å². The van der Waals surface area contributed by atoms with Crippen molar-refractivity contribution in [3.05, 3.63) is 36.4 Å². The molecule has 0 bridgehead atoms. The zero-order valence-electron chi connectivity index (χ0n) is 9.75. The monoisotopic (exact) mass is 298 g/mol. The van der Waals surface area contributed by atoms with E-state index in [4.69, 9.17) is 21.9 Å². The summed E-state index contributed by atoms with van der Waals surface area (Å²) in [6.45, 7) is 0. The largest absolute Gasteiger partial charge is 0.386 e. The van der Waals surface area contributed by atoms with Crippen LogP contribution in [0.1, 0.15) is 0 Å². The Kier molecular flexibility index (Phi) is 3.75. The summed E-state index contributed by atoms with van der Waals surface area (Å²) in [4.78, 5) is 3.95. The van der Waals surface area contributed by atoms with E-state index in [1.807, 2.05) is 0 Å². The van der Waals surface area contributed by atoms with Crippen LogP contribution in [0.15, 0.2) is 46.3 Å². The van der Waals surface area contributed by atoms with Crippen molar-refractivity contribution in [1.29, 1.82) is 0 Å². The molecule has 0 fully saturated rings. The Morgan fingerprint density at radius 2 is 1.84 bits per heavy atom. The van der Waals surface area contributed by atoms with Crippen LogP contribution in [0.2, 0.25) is 0 Å². The van der Waals surface area contributed by atoms with Gasteiger partial charge in [0.15, 0.2) is 0 Å². The minimum atomic E-state index is -4.19. The Balaban J connectivity index is 2.52. The minimum absolute atomic E-state index is 0.139. The van der Waals surface area contributed by atoms with Crippen LogP contribution in [0.5, 0.6) is 0 Å². The molecule has 0 heterocycles. The van der Waals surface area contributed by atoms with E-state index in [-0.39, 0.29) is 10.8 Å². The summed E-state index contributed by atoms with van der Waals surface area (Å²) in [6, 6.07) is 9.45. The molecule has 2 aromatic carbocycles. The second-order valence-electron chi connectivity index (χ2n) is 3.91. The fourth-order valence-corrected chi connectivity index (χ4v) is 2.21. The number of aliphatic imine (C=N–C) groups is 1. The highest BCUT2D eigenvalue weighted by Gasteiger charge is 2.09. The molecule has 19 heavy (non-hydrogen) atoms. The fourth-order valence-electron chi connectivity index (χ4n) is 1.64. The van der Waals surface area contributed by atoms with Gasteiger partial charge < -0.3 is 5.73 Å². The number of hydrogen-bond donors (Lipinski definition) is 2. The number of alkyl halides is 1. The van der Waals surface area contributed by atoms with E-state index in [1.54, 1.807) is 24.3 Å². The SMILES string of the molecule is NC(CCl)=Nc1ccc2cc(S(=O)(=O)O)ccc2c1. The number of amidine groups is 1. The molecule has 0 radical (unpaired) electrons. The van der Waals surface area contributed by atoms with Crippen molar-refractivity contribution >= 4 is 44.0 Å². The van der Waals surface area contributed by atoms with Gasteiger partial charge in [-0.05, 0) is 35.0 Å². The lowest BCUT2D eigenvalue weighted by atomic mass is 10.1. The van der Waals surface area contributed by atoms with Gasteiger partial charge in [0.05, 0.1) is 16.5 Å². The van der Waals surface area contributed by atoms with Crippen LogP contribution in [-0.2, 0) is 10.1 Å². The molecule has 7 heteroatoms. The third-order valence-corrected chi connectivity index (χ3v) is 3.63. The maximum absolute atomic E-state index is 11.0. The molecule has 2 aromatic rings. The molecule has 100 valence electrons. The smallest absolute Gasteiger partial charge is 0.294 e. The lowest BCUT2D eigenvalue weighted by Gasteiger charge is -2.03. The number of fused-ring (bicyclic) bond motifs is 1. The highest BCUT2D eigenvalue weighted by atomic mass is 35.5. The van der Waals surface area contributed by atoms with E-state index in [9.17, 15) is 8.42 Å². The molecule has 0 aliphatic carbocycles. The molecule has 0 atom stereocenters. The van der Waals surface area contributed by atoms with Gasteiger partial charge in [0.2, 0.25) is 0 Å². The number of nitrogens with zero attached hydrogens (tertiary/aromatic N) is 1. The van der Waals surface area contributed by atoms with E-state index in [0.29, 0.717) is 16.9 Å². The van der Waals surface area contributed by atoms with Crippen molar-refractivity contribution in [2.24, 2.45) is 10.7 Å². The first kappa shape index (κ1) is 13.8. The van der Waals surface area contributed by atoms with Crippen LogP contribution in [0.3, 0.4) is 0 Å². The van der Waals surface area contributed by atoms with E-state index in [2.05, 4.69) is 4.99 Å².